The van der Waals surface area contributed by atoms with Crippen molar-refractivity contribution < 1.29 is 13.2 Å². The SMILES string of the molecule is Cn1cc(CC2CCN(c3cnn(-c4ccc(C(F)(F)F)cn4)c(=O)c3Cl)C2)cn1. The summed E-state index contributed by atoms with van der Waals surface area (Å²) in [6, 6.07) is 1.94. The Bertz CT molecular complexity index is 1110. The molecular weight excluding hydrogens is 421 g/mol. The van der Waals surface area contributed by atoms with Gasteiger partial charge in [-0.2, -0.15) is 28.1 Å². The van der Waals surface area contributed by atoms with Crippen LogP contribution in [0.1, 0.15) is 17.5 Å². The molecule has 1 unspecified atom stereocenters. The minimum Gasteiger partial charge on any atom is -0.369 e. The topological polar surface area (TPSA) is 68.8 Å². The number of pyridine rings is 1. The van der Waals surface area contributed by atoms with Crippen LogP contribution in [0.15, 0.2) is 41.7 Å². The van der Waals surface area contributed by atoms with E-state index < -0.39 is 17.3 Å². The molecule has 0 spiro atoms. The summed E-state index contributed by atoms with van der Waals surface area (Å²) in [4.78, 5) is 18.4. The van der Waals surface area contributed by atoms with Crippen LogP contribution >= 0.6 is 11.6 Å². The zero-order chi connectivity index (χ0) is 21.5. The van der Waals surface area contributed by atoms with E-state index in [0.29, 0.717) is 17.8 Å². The van der Waals surface area contributed by atoms with Crippen LogP contribution in [0.5, 0.6) is 0 Å². The van der Waals surface area contributed by atoms with Crippen LogP contribution in [0, 0.1) is 5.92 Å². The maximum absolute atomic E-state index is 12.7. The maximum atomic E-state index is 12.7. The molecule has 0 bridgehead atoms. The number of aryl methyl sites for hydroxylation is 1. The molecule has 0 aromatic carbocycles. The number of rotatable bonds is 4. The highest BCUT2D eigenvalue weighted by atomic mass is 35.5. The number of aromatic nitrogens is 5. The smallest absolute Gasteiger partial charge is 0.369 e. The molecule has 4 heterocycles. The van der Waals surface area contributed by atoms with E-state index in [1.165, 1.54) is 6.20 Å². The summed E-state index contributed by atoms with van der Waals surface area (Å²) in [5.74, 6) is 0.363. The summed E-state index contributed by atoms with van der Waals surface area (Å²) in [5.41, 5.74) is 0.131. The summed E-state index contributed by atoms with van der Waals surface area (Å²) in [6.45, 7) is 1.45. The number of alkyl halides is 3. The van der Waals surface area contributed by atoms with Gasteiger partial charge < -0.3 is 4.90 Å². The predicted molar refractivity (Wildman–Crippen MR) is 105 cm³/mol. The lowest BCUT2D eigenvalue weighted by molar-refractivity contribution is -0.137. The summed E-state index contributed by atoms with van der Waals surface area (Å²) in [6.07, 6.45) is 3.25. The van der Waals surface area contributed by atoms with Crippen molar-refractivity contribution in [3.05, 3.63) is 63.4 Å². The molecule has 0 amide bonds. The van der Waals surface area contributed by atoms with Gasteiger partial charge in [-0.1, -0.05) is 11.6 Å². The predicted octanol–water partition coefficient (Wildman–Crippen LogP) is 3.10. The van der Waals surface area contributed by atoms with Gasteiger partial charge in [0.15, 0.2) is 5.82 Å². The van der Waals surface area contributed by atoms with E-state index >= 15 is 0 Å². The van der Waals surface area contributed by atoms with Crippen LogP contribution in [0.3, 0.4) is 0 Å². The molecule has 0 radical (unpaired) electrons. The van der Waals surface area contributed by atoms with E-state index in [-0.39, 0.29) is 10.8 Å². The molecule has 1 aliphatic rings. The van der Waals surface area contributed by atoms with Crippen LogP contribution in [0.4, 0.5) is 18.9 Å². The third-order valence-electron chi connectivity index (χ3n) is 5.10. The Kier molecular flexibility index (Phi) is 5.27. The van der Waals surface area contributed by atoms with E-state index in [4.69, 9.17) is 11.6 Å². The molecule has 11 heteroatoms. The van der Waals surface area contributed by atoms with Crippen molar-refractivity contribution in [3.8, 4) is 5.82 Å². The van der Waals surface area contributed by atoms with Gasteiger partial charge >= 0.3 is 6.18 Å². The Balaban J connectivity index is 1.52. The largest absolute Gasteiger partial charge is 0.417 e. The van der Waals surface area contributed by atoms with Crippen molar-refractivity contribution in [2.24, 2.45) is 13.0 Å². The average Bonchev–Trinajstić information content (AvgIpc) is 3.32. The molecular formula is C19H18ClF3N6O. The van der Waals surface area contributed by atoms with Gasteiger partial charge in [-0.25, -0.2) is 4.98 Å². The Hall–Kier alpha value is -2.88. The van der Waals surface area contributed by atoms with Crippen molar-refractivity contribution in [2.45, 2.75) is 19.0 Å². The molecule has 7 nitrogen and oxygen atoms in total. The van der Waals surface area contributed by atoms with Crippen molar-refractivity contribution in [2.75, 3.05) is 18.0 Å². The molecule has 30 heavy (non-hydrogen) atoms. The van der Waals surface area contributed by atoms with E-state index in [2.05, 4.69) is 15.2 Å². The Labute approximate surface area is 174 Å². The van der Waals surface area contributed by atoms with Gasteiger partial charge in [-0.15, -0.1) is 0 Å². The highest BCUT2D eigenvalue weighted by Crippen LogP contribution is 2.30. The summed E-state index contributed by atoms with van der Waals surface area (Å²) >= 11 is 6.31. The fourth-order valence-corrected chi connectivity index (χ4v) is 3.86. The minimum absolute atomic E-state index is 0.0303. The molecule has 1 fully saturated rings. The molecule has 1 saturated heterocycles. The lowest BCUT2D eigenvalue weighted by atomic mass is 10.0. The second-order valence-electron chi connectivity index (χ2n) is 7.29. The number of anilines is 1. The van der Waals surface area contributed by atoms with Crippen LogP contribution in [-0.4, -0.2) is 37.6 Å². The second-order valence-corrected chi connectivity index (χ2v) is 7.67. The molecule has 0 saturated carbocycles. The van der Waals surface area contributed by atoms with Crippen molar-refractivity contribution in [1.82, 2.24) is 24.5 Å². The lowest BCUT2D eigenvalue weighted by Crippen LogP contribution is -2.28. The third-order valence-corrected chi connectivity index (χ3v) is 5.46. The van der Waals surface area contributed by atoms with Crippen LogP contribution in [0.25, 0.3) is 5.82 Å². The van der Waals surface area contributed by atoms with Crippen molar-refractivity contribution >= 4 is 17.3 Å². The Morgan fingerprint density at radius 3 is 2.63 bits per heavy atom. The zero-order valence-electron chi connectivity index (χ0n) is 16.0. The molecule has 0 N–H and O–H groups in total. The average molecular weight is 439 g/mol. The molecule has 158 valence electrons. The molecule has 3 aromatic rings. The Morgan fingerprint density at radius 1 is 1.20 bits per heavy atom. The summed E-state index contributed by atoms with van der Waals surface area (Å²) in [5, 5.41) is 8.22. The standard InChI is InChI=1S/C19H18ClF3N6O/c1-27-10-13(7-25-27)6-12-4-5-28(11-12)15-9-26-29(18(30)17(15)20)16-3-2-14(8-24-16)19(21,22)23/h2-3,7-10,12H,4-6,11H2,1H3. The maximum Gasteiger partial charge on any atom is 0.417 e. The monoisotopic (exact) mass is 438 g/mol. The highest BCUT2D eigenvalue weighted by Gasteiger charge is 2.31. The third kappa shape index (κ3) is 4.04. The van der Waals surface area contributed by atoms with Gasteiger partial charge in [0.2, 0.25) is 0 Å². The first-order chi connectivity index (χ1) is 14.2. The minimum atomic E-state index is -4.51. The molecule has 1 aliphatic heterocycles. The van der Waals surface area contributed by atoms with E-state index in [1.54, 1.807) is 4.68 Å². The molecule has 0 aliphatic carbocycles. The van der Waals surface area contributed by atoms with Gasteiger partial charge in [-0.3, -0.25) is 9.48 Å². The first-order valence-electron chi connectivity index (χ1n) is 9.26. The summed E-state index contributed by atoms with van der Waals surface area (Å²) in [7, 11) is 1.87. The number of nitrogens with zero attached hydrogens (tertiary/aromatic N) is 6. The molecule has 3 aromatic heterocycles. The van der Waals surface area contributed by atoms with Crippen molar-refractivity contribution in [1.29, 1.82) is 0 Å². The lowest BCUT2D eigenvalue weighted by Gasteiger charge is -2.20. The highest BCUT2D eigenvalue weighted by molar-refractivity contribution is 6.33. The van der Waals surface area contributed by atoms with Crippen molar-refractivity contribution in [3.63, 3.8) is 0 Å². The number of hydrogen-bond donors (Lipinski definition) is 0. The first-order valence-corrected chi connectivity index (χ1v) is 9.64. The van der Waals surface area contributed by atoms with Gasteiger partial charge in [0, 0.05) is 32.5 Å². The van der Waals surface area contributed by atoms with Crippen LogP contribution in [0.2, 0.25) is 5.02 Å². The summed E-state index contributed by atoms with van der Waals surface area (Å²) < 4.78 is 40.8. The molecule has 4 rings (SSSR count). The zero-order valence-corrected chi connectivity index (χ0v) is 16.7. The Morgan fingerprint density at radius 2 is 2.00 bits per heavy atom. The van der Waals surface area contributed by atoms with Crippen LogP contribution < -0.4 is 10.5 Å². The first kappa shape index (κ1) is 20.4. The number of hydrogen-bond acceptors (Lipinski definition) is 5. The van der Waals surface area contributed by atoms with Gasteiger partial charge in [0.1, 0.15) is 5.02 Å². The fraction of sp³-hybridized carbons (Fsp3) is 0.368. The van der Waals surface area contributed by atoms with Gasteiger partial charge in [0.25, 0.3) is 5.56 Å². The van der Waals surface area contributed by atoms with Gasteiger partial charge in [-0.05, 0) is 36.5 Å². The van der Waals surface area contributed by atoms with Gasteiger partial charge in [0.05, 0.1) is 23.6 Å². The molecule has 1 atom stereocenters. The second kappa shape index (κ2) is 7.75. The van der Waals surface area contributed by atoms with E-state index in [1.807, 2.05) is 24.3 Å². The van der Waals surface area contributed by atoms with E-state index in [9.17, 15) is 18.0 Å². The quantitative estimate of drug-likeness (QED) is 0.626. The van der Waals surface area contributed by atoms with E-state index in [0.717, 1.165) is 48.3 Å². The fourth-order valence-electron chi connectivity index (χ4n) is 3.62. The normalized spacial score (nSPS) is 17.0. The number of halogens is 4. The van der Waals surface area contributed by atoms with Crippen LogP contribution in [-0.2, 0) is 19.6 Å².